The second-order valence-electron chi connectivity index (χ2n) is 7.94. The molecule has 1 N–H and O–H groups in total. The Morgan fingerprint density at radius 2 is 1.89 bits per heavy atom. The van der Waals surface area contributed by atoms with E-state index in [2.05, 4.69) is 12.2 Å². The minimum Gasteiger partial charge on any atom is -0.495 e. The van der Waals surface area contributed by atoms with Gasteiger partial charge < -0.3 is 10.1 Å². The van der Waals surface area contributed by atoms with Gasteiger partial charge in [-0.25, -0.2) is 8.42 Å². The van der Waals surface area contributed by atoms with Gasteiger partial charge in [-0.05, 0) is 49.8 Å². The molecule has 0 aromatic heterocycles. The summed E-state index contributed by atoms with van der Waals surface area (Å²) < 4.78 is 33.2. The molecule has 1 saturated heterocycles. The number of piperidine rings is 1. The molecule has 0 spiro atoms. The summed E-state index contributed by atoms with van der Waals surface area (Å²) in [5.74, 6) is 0.490. The second-order valence-corrected chi connectivity index (χ2v) is 9.85. The number of sulfonamides is 1. The van der Waals surface area contributed by atoms with Crippen LogP contribution >= 0.6 is 0 Å². The van der Waals surface area contributed by atoms with Gasteiger partial charge >= 0.3 is 0 Å². The predicted octanol–water partition coefficient (Wildman–Crippen LogP) is 3.52. The molecular weight excluding hydrogens is 376 g/mol. The van der Waals surface area contributed by atoms with E-state index in [1.54, 1.807) is 12.1 Å². The van der Waals surface area contributed by atoms with Gasteiger partial charge in [0.1, 0.15) is 10.6 Å². The van der Waals surface area contributed by atoms with E-state index in [4.69, 9.17) is 4.74 Å². The number of hydrogen-bond donors (Lipinski definition) is 1. The van der Waals surface area contributed by atoms with Crippen LogP contribution in [0.3, 0.4) is 0 Å². The van der Waals surface area contributed by atoms with Crippen LogP contribution in [0.1, 0.15) is 64.9 Å². The van der Waals surface area contributed by atoms with Crippen molar-refractivity contribution < 1.29 is 17.9 Å². The zero-order chi connectivity index (χ0) is 20.9. The first-order chi connectivity index (χ1) is 13.2. The summed E-state index contributed by atoms with van der Waals surface area (Å²) in [5, 5.41) is 3.05. The van der Waals surface area contributed by atoms with Gasteiger partial charge in [-0.1, -0.05) is 33.3 Å². The van der Waals surface area contributed by atoms with Crippen LogP contribution < -0.4 is 10.1 Å². The Morgan fingerprint density at radius 1 is 1.25 bits per heavy atom. The van der Waals surface area contributed by atoms with Gasteiger partial charge in [-0.2, -0.15) is 4.31 Å². The number of methoxy groups -OCH3 is 1. The Morgan fingerprint density at radius 3 is 2.43 bits per heavy atom. The number of nitrogens with one attached hydrogen (secondary N) is 1. The third kappa shape index (κ3) is 5.26. The molecular formula is C21H34N2O4S. The maximum absolute atomic E-state index is 13.2. The Bertz CT molecular complexity index is 769. The fourth-order valence-corrected chi connectivity index (χ4v) is 5.28. The van der Waals surface area contributed by atoms with Crippen molar-refractivity contribution in [1.29, 1.82) is 0 Å². The molecule has 158 valence electrons. The minimum atomic E-state index is -3.66. The van der Waals surface area contributed by atoms with Gasteiger partial charge in [-0.15, -0.1) is 0 Å². The van der Waals surface area contributed by atoms with Crippen molar-refractivity contribution in [3.63, 3.8) is 0 Å². The van der Waals surface area contributed by atoms with Crippen LogP contribution in [0.15, 0.2) is 23.1 Å². The minimum absolute atomic E-state index is 0.0392. The maximum Gasteiger partial charge on any atom is 0.246 e. The molecule has 7 heteroatoms. The van der Waals surface area contributed by atoms with Crippen molar-refractivity contribution in [3.8, 4) is 5.75 Å². The van der Waals surface area contributed by atoms with Crippen LogP contribution in [0.4, 0.5) is 0 Å². The van der Waals surface area contributed by atoms with Crippen LogP contribution in [0, 0.1) is 5.92 Å². The Labute approximate surface area is 169 Å². The molecule has 1 atom stereocenters. The topological polar surface area (TPSA) is 75.7 Å². The third-order valence-corrected chi connectivity index (χ3v) is 7.33. The normalized spacial score (nSPS) is 17.5. The molecule has 0 aliphatic carbocycles. The molecule has 0 saturated carbocycles. The number of carbonyl (C=O) groups excluding carboxylic acids is 1. The molecule has 1 aliphatic heterocycles. The largest absolute Gasteiger partial charge is 0.495 e. The zero-order valence-corrected chi connectivity index (χ0v) is 18.5. The molecule has 0 unspecified atom stereocenters. The summed E-state index contributed by atoms with van der Waals surface area (Å²) in [7, 11) is -2.18. The molecule has 1 heterocycles. The lowest BCUT2D eigenvalue weighted by Crippen LogP contribution is -2.44. The first-order valence-electron chi connectivity index (χ1n) is 10.2. The monoisotopic (exact) mass is 410 g/mol. The highest BCUT2D eigenvalue weighted by molar-refractivity contribution is 7.89. The van der Waals surface area contributed by atoms with Crippen molar-refractivity contribution in [1.82, 2.24) is 9.62 Å². The van der Waals surface area contributed by atoms with Gasteiger partial charge in [0, 0.05) is 25.0 Å². The van der Waals surface area contributed by atoms with Crippen LogP contribution in [0.5, 0.6) is 5.75 Å². The predicted molar refractivity (Wildman–Crippen MR) is 111 cm³/mol. The van der Waals surface area contributed by atoms with Crippen molar-refractivity contribution in [2.75, 3.05) is 20.2 Å². The number of benzene rings is 1. The first-order valence-corrected chi connectivity index (χ1v) is 11.6. The molecule has 28 heavy (non-hydrogen) atoms. The summed E-state index contributed by atoms with van der Waals surface area (Å²) >= 11 is 0. The van der Waals surface area contributed by atoms with Crippen LogP contribution in [-0.2, 0) is 14.8 Å². The van der Waals surface area contributed by atoms with Crippen molar-refractivity contribution in [3.05, 3.63) is 23.8 Å². The summed E-state index contributed by atoms with van der Waals surface area (Å²) in [4.78, 5) is 12.6. The maximum atomic E-state index is 13.2. The average molecular weight is 411 g/mol. The van der Waals surface area contributed by atoms with E-state index in [1.165, 1.54) is 11.4 Å². The fraction of sp³-hybridized carbons (Fsp3) is 0.667. The lowest BCUT2D eigenvalue weighted by molar-refractivity contribution is -0.126. The second kappa shape index (κ2) is 9.74. The average Bonchev–Trinajstić information content (AvgIpc) is 2.67. The van der Waals surface area contributed by atoms with Crippen molar-refractivity contribution in [2.45, 2.75) is 70.2 Å². The number of amides is 1. The quantitative estimate of drug-likeness (QED) is 0.711. The summed E-state index contributed by atoms with van der Waals surface area (Å²) in [6, 6.07) is 5.49. The van der Waals surface area contributed by atoms with E-state index in [1.807, 2.05) is 26.8 Å². The van der Waals surface area contributed by atoms with E-state index >= 15 is 0 Å². The Kier molecular flexibility index (Phi) is 7.89. The molecule has 1 aromatic rings. The molecule has 0 bridgehead atoms. The van der Waals surface area contributed by atoms with E-state index in [-0.39, 0.29) is 28.7 Å². The van der Waals surface area contributed by atoms with Crippen LogP contribution in [0.2, 0.25) is 0 Å². The van der Waals surface area contributed by atoms with E-state index in [0.717, 1.165) is 18.4 Å². The Hall–Kier alpha value is -1.60. The van der Waals surface area contributed by atoms with Crippen molar-refractivity contribution in [2.24, 2.45) is 5.92 Å². The molecule has 1 amide bonds. The number of rotatable bonds is 8. The van der Waals surface area contributed by atoms with Gasteiger partial charge in [0.2, 0.25) is 15.9 Å². The highest BCUT2D eigenvalue weighted by atomic mass is 32.2. The van der Waals surface area contributed by atoms with E-state index in [9.17, 15) is 13.2 Å². The molecule has 1 fully saturated rings. The van der Waals surface area contributed by atoms with Crippen molar-refractivity contribution >= 4 is 15.9 Å². The molecule has 0 radical (unpaired) electrons. The van der Waals surface area contributed by atoms with Crippen LogP contribution in [-0.4, -0.2) is 44.9 Å². The smallest absolute Gasteiger partial charge is 0.246 e. The van der Waals surface area contributed by atoms with Gasteiger partial charge in [0.15, 0.2) is 0 Å². The third-order valence-electron chi connectivity index (χ3n) is 5.41. The number of ether oxygens (including phenoxy) is 1. The first kappa shape index (κ1) is 22.7. The van der Waals surface area contributed by atoms with Gasteiger partial charge in [0.25, 0.3) is 0 Å². The molecule has 2 rings (SSSR count). The number of carbonyl (C=O) groups is 1. The molecule has 6 nitrogen and oxygen atoms in total. The fourth-order valence-electron chi connectivity index (χ4n) is 3.62. The van der Waals surface area contributed by atoms with Gasteiger partial charge in [-0.3, -0.25) is 4.79 Å². The SMILES string of the molecule is CCC[C@H](C)NC(=O)C1CCN(S(=O)(=O)c2cc(C(C)C)ccc2OC)CC1. The lowest BCUT2D eigenvalue weighted by atomic mass is 9.96. The Balaban J connectivity index is 2.11. The highest BCUT2D eigenvalue weighted by Gasteiger charge is 2.34. The molecule has 1 aromatic carbocycles. The molecule has 1 aliphatic rings. The summed E-state index contributed by atoms with van der Waals surface area (Å²) in [6.45, 7) is 8.85. The van der Waals surface area contributed by atoms with Crippen LogP contribution in [0.25, 0.3) is 0 Å². The standard InChI is InChI=1S/C21H34N2O4S/c1-6-7-16(4)22-21(24)17-10-12-23(13-11-17)28(25,26)20-14-18(15(2)3)8-9-19(20)27-5/h8-9,14-17H,6-7,10-13H2,1-5H3,(H,22,24)/t16-/m0/s1. The van der Waals surface area contributed by atoms with Gasteiger partial charge in [0.05, 0.1) is 7.11 Å². The van der Waals surface area contributed by atoms with E-state index < -0.39 is 10.0 Å². The summed E-state index contributed by atoms with van der Waals surface area (Å²) in [5.41, 5.74) is 0.957. The zero-order valence-electron chi connectivity index (χ0n) is 17.7. The summed E-state index contributed by atoms with van der Waals surface area (Å²) in [6.07, 6.45) is 3.05. The number of hydrogen-bond acceptors (Lipinski definition) is 4. The number of nitrogens with zero attached hydrogens (tertiary/aromatic N) is 1. The highest BCUT2D eigenvalue weighted by Crippen LogP contribution is 2.32. The van der Waals surface area contributed by atoms with E-state index in [0.29, 0.717) is 31.7 Å². The lowest BCUT2D eigenvalue weighted by Gasteiger charge is -2.31.